The van der Waals surface area contributed by atoms with Crippen LogP contribution in [0.4, 0.5) is 4.39 Å². The molecule has 2 aromatic rings. The topological polar surface area (TPSA) is 51.0 Å². The maximum absolute atomic E-state index is 13.6. The van der Waals surface area contributed by atoms with Gasteiger partial charge in [0.1, 0.15) is 5.82 Å². The van der Waals surface area contributed by atoms with Gasteiger partial charge in [-0.3, -0.25) is 0 Å². The summed E-state index contributed by atoms with van der Waals surface area (Å²) < 4.78 is 19.0. The van der Waals surface area contributed by atoms with Crippen LogP contribution in [0.1, 0.15) is 37.1 Å². The Bertz CT molecular complexity index is 678. The van der Waals surface area contributed by atoms with Crippen molar-refractivity contribution in [3.05, 3.63) is 35.5 Å². The molecule has 0 spiro atoms. The standard InChI is InChI=1S/C17H20FN3O.ClH/c1-10-2-3-12(9-15(10)18)17-20-16(22-21-17)8-11-6-13-4-5-14(7-11)19-13;/h2-3,9,11,13-14,19H,4-8H2,1H3;1H. The van der Waals surface area contributed by atoms with E-state index in [9.17, 15) is 4.39 Å². The molecule has 0 amide bonds. The van der Waals surface area contributed by atoms with Crippen LogP contribution in [0.3, 0.4) is 0 Å². The van der Waals surface area contributed by atoms with Crippen LogP contribution >= 0.6 is 12.4 Å². The SMILES string of the molecule is Cc1ccc(-c2noc(CC3CC4CCC(C3)N4)n2)cc1F.Cl. The zero-order valence-electron chi connectivity index (χ0n) is 13.1. The molecular weight excluding hydrogens is 317 g/mol. The monoisotopic (exact) mass is 337 g/mol. The number of nitrogens with zero attached hydrogens (tertiary/aromatic N) is 2. The quantitative estimate of drug-likeness (QED) is 0.928. The van der Waals surface area contributed by atoms with E-state index in [0.29, 0.717) is 40.8 Å². The van der Waals surface area contributed by atoms with Crippen LogP contribution in [-0.2, 0) is 6.42 Å². The number of aryl methyl sites for hydroxylation is 1. The molecule has 0 aliphatic carbocycles. The molecule has 4 rings (SSSR count). The number of nitrogens with one attached hydrogen (secondary N) is 1. The number of aromatic nitrogens is 2. The van der Waals surface area contributed by atoms with Crippen molar-refractivity contribution in [2.24, 2.45) is 5.92 Å². The number of hydrogen-bond acceptors (Lipinski definition) is 4. The van der Waals surface area contributed by atoms with Crippen LogP contribution in [0.2, 0.25) is 0 Å². The summed E-state index contributed by atoms with van der Waals surface area (Å²) in [5.41, 5.74) is 1.29. The minimum Gasteiger partial charge on any atom is -0.339 e. The lowest BCUT2D eigenvalue weighted by Gasteiger charge is -2.27. The fourth-order valence-corrected chi connectivity index (χ4v) is 3.78. The van der Waals surface area contributed by atoms with E-state index in [1.54, 1.807) is 13.0 Å². The zero-order chi connectivity index (χ0) is 15.1. The summed E-state index contributed by atoms with van der Waals surface area (Å²) >= 11 is 0. The summed E-state index contributed by atoms with van der Waals surface area (Å²) in [4.78, 5) is 4.45. The van der Waals surface area contributed by atoms with Gasteiger partial charge in [-0.25, -0.2) is 4.39 Å². The molecule has 2 bridgehead atoms. The fraction of sp³-hybridized carbons (Fsp3) is 0.529. The van der Waals surface area contributed by atoms with Crippen molar-refractivity contribution in [2.45, 2.75) is 51.1 Å². The second kappa shape index (κ2) is 6.57. The Morgan fingerprint density at radius 2 is 2.00 bits per heavy atom. The van der Waals surface area contributed by atoms with Gasteiger partial charge in [0.25, 0.3) is 0 Å². The number of benzene rings is 1. The molecule has 2 aliphatic heterocycles. The van der Waals surface area contributed by atoms with Crippen LogP contribution in [0.5, 0.6) is 0 Å². The maximum atomic E-state index is 13.6. The van der Waals surface area contributed by atoms with E-state index in [0.717, 1.165) is 6.42 Å². The maximum Gasteiger partial charge on any atom is 0.227 e. The molecule has 2 unspecified atom stereocenters. The third kappa shape index (κ3) is 3.40. The molecule has 2 saturated heterocycles. The number of fused-ring (bicyclic) bond motifs is 2. The van der Waals surface area contributed by atoms with Crippen molar-refractivity contribution in [3.63, 3.8) is 0 Å². The number of piperidine rings is 1. The molecule has 0 saturated carbocycles. The van der Waals surface area contributed by atoms with E-state index in [1.165, 1.54) is 31.7 Å². The lowest BCUT2D eigenvalue weighted by atomic mass is 9.90. The summed E-state index contributed by atoms with van der Waals surface area (Å²) in [5.74, 6) is 1.52. The molecule has 1 aromatic heterocycles. The minimum atomic E-state index is -0.237. The van der Waals surface area contributed by atoms with Crippen molar-refractivity contribution >= 4 is 12.4 Å². The molecule has 6 heteroatoms. The van der Waals surface area contributed by atoms with E-state index in [1.807, 2.05) is 6.07 Å². The summed E-state index contributed by atoms with van der Waals surface area (Å²) in [6, 6.07) is 6.37. The Kier molecular flexibility index (Phi) is 4.69. The van der Waals surface area contributed by atoms with Gasteiger partial charge in [-0.1, -0.05) is 17.3 Å². The van der Waals surface area contributed by atoms with Crippen LogP contribution in [0.25, 0.3) is 11.4 Å². The molecule has 0 radical (unpaired) electrons. The van der Waals surface area contributed by atoms with Gasteiger partial charge in [0.05, 0.1) is 0 Å². The molecule has 2 aliphatic rings. The normalized spacial score (nSPS) is 26.1. The smallest absolute Gasteiger partial charge is 0.227 e. The van der Waals surface area contributed by atoms with E-state index in [2.05, 4.69) is 15.5 Å². The number of halogens is 2. The molecule has 124 valence electrons. The fourth-order valence-electron chi connectivity index (χ4n) is 3.78. The number of rotatable bonds is 3. The van der Waals surface area contributed by atoms with Gasteiger partial charge in [0.2, 0.25) is 11.7 Å². The summed E-state index contributed by atoms with van der Waals surface area (Å²) in [5, 5.41) is 7.65. The second-order valence-electron chi connectivity index (χ2n) is 6.66. The Morgan fingerprint density at radius 1 is 1.26 bits per heavy atom. The van der Waals surface area contributed by atoms with Crippen molar-refractivity contribution in [3.8, 4) is 11.4 Å². The Morgan fingerprint density at radius 3 is 2.70 bits per heavy atom. The molecule has 2 atom stereocenters. The summed E-state index contributed by atoms with van der Waals surface area (Å²) in [6.45, 7) is 1.74. The van der Waals surface area contributed by atoms with Gasteiger partial charge in [-0.05, 0) is 50.2 Å². The van der Waals surface area contributed by atoms with Gasteiger partial charge in [-0.15, -0.1) is 12.4 Å². The van der Waals surface area contributed by atoms with Gasteiger partial charge in [0.15, 0.2) is 0 Å². The largest absolute Gasteiger partial charge is 0.339 e. The number of hydrogen-bond donors (Lipinski definition) is 1. The van der Waals surface area contributed by atoms with Crippen LogP contribution in [0, 0.1) is 18.7 Å². The molecule has 1 aromatic carbocycles. The third-order valence-corrected chi connectivity index (χ3v) is 4.93. The lowest BCUT2D eigenvalue weighted by molar-refractivity contribution is 0.270. The lowest BCUT2D eigenvalue weighted by Crippen LogP contribution is -2.38. The molecule has 2 fully saturated rings. The first kappa shape index (κ1) is 16.4. The highest BCUT2D eigenvalue weighted by Gasteiger charge is 2.34. The average molecular weight is 338 g/mol. The van der Waals surface area contributed by atoms with Crippen molar-refractivity contribution < 1.29 is 8.91 Å². The Balaban J connectivity index is 0.00000156. The van der Waals surface area contributed by atoms with Crippen molar-refractivity contribution in [2.75, 3.05) is 0 Å². The first-order chi connectivity index (χ1) is 10.7. The highest BCUT2D eigenvalue weighted by atomic mass is 35.5. The van der Waals surface area contributed by atoms with Crippen molar-refractivity contribution in [1.82, 2.24) is 15.5 Å². The minimum absolute atomic E-state index is 0. The van der Waals surface area contributed by atoms with Crippen LogP contribution in [0.15, 0.2) is 22.7 Å². The van der Waals surface area contributed by atoms with Gasteiger partial charge in [0, 0.05) is 24.1 Å². The highest BCUT2D eigenvalue weighted by molar-refractivity contribution is 5.85. The molecular formula is C17H21ClFN3O. The van der Waals surface area contributed by atoms with Crippen molar-refractivity contribution in [1.29, 1.82) is 0 Å². The van der Waals surface area contributed by atoms with Gasteiger partial charge < -0.3 is 9.84 Å². The van der Waals surface area contributed by atoms with E-state index in [4.69, 9.17) is 4.52 Å². The van der Waals surface area contributed by atoms with E-state index < -0.39 is 0 Å². The first-order valence-electron chi connectivity index (χ1n) is 8.02. The summed E-state index contributed by atoms with van der Waals surface area (Å²) in [6.07, 6.45) is 5.79. The molecule has 3 heterocycles. The second-order valence-corrected chi connectivity index (χ2v) is 6.66. The average Bonchev–Trinajstić information content (AvgIpc) is 3.09. The predicted molar refractivity (Wildman–Crippen MR) is 88.1 cm³/mol. The molecule has 1 N–H and O–H groups in total. The van der Waals surface area contributed by atoms with Crippen LogP contribution < -0.4 is 5.32 Å². The Hall–Kier alpha value is -1.46. The zero-order valence-corrected chi connectivity index (χ0v) is 13.9. The Labute approximate surface area is 141 Å². The van der Waals surface area contributed by atoms with Crippen LogP contribution in [-0.4, -0.2) is 22.2 Å². The highest BCUT2D eigenvalue weighted by Crippen LogP contribution is 2.32. The van der Waals surface area contributed by atoms with E-state index >= 15 is 0 Å². The first-order valence-corrected chi connectivity index (χ1v) is 8.02. The predicted octanol–water partition coefficient (Wildman–Crippen LogP) is 3.68. The third-order valence-electron chi connectivity index (χ3n) is 4.93. The summed E-state index contributed by atoms with van der Waals surface area (Å²) in [7, 11) is 0. The van der Waals surface area contributed by atoms with Gasteiger partial charge in [-0.2, -0.15) is 4.98 Å². The van der Waals surface area contributed by atoms with Gasteiger partial charge >= 0.3 is 0 Å². The van der Waals surface area contributed by atoms with E-state index in [-0.39, 0.29) is 18.2 Å². The molecule has 23 heavy (non-hydrogen) atoms. The molecule has 4 nitrogen and oxygen atoms in total.